The summed E-state index contributed by atoms with van der Waals surface area (Å²) in [7, 11) is 0. The summed E-state index contributed by atoms with van der Waals surface area (Å²) >= 11 is 1.90. The Balaban J connectivity index is 1.67. The van der Waals surface area contributed by atoms with E-state index in [1.165, 1.54) is 42.1 Å². The van der Waals surface area contributed by atoms with Gasteiger partial charge in [-0.15, -0.1) is 11.3 Å². The van der Waals surface area contributed by atoms with Gasteiger partial charge in [-0.25, -0.2) is 0 Å². The summed E-state index contributed by atoms with van der Waals surface area (Å²) in [6.45, 7) is 9.23. The van der Waals surface area contributed by atoms with Crippen LogP contribution in [-0.2, 0) is 6.54 Å². The van der Waals surface area contributed by atoms with E-state index in [0.717, 1.165) is 13.1 Å². The van der Waals surface area contributed by atoms with E-state index < -0.39 is 0 Å². The minimum atomic E-state index is 0.677. The van der Waals surface area contributed by atoms with Crippen LogP contribution in [0.4, 0.5) is 0 Å². The first-order valence-corrected chi connectivity index (χ1v) is 7.57. The Labute approximate surface area is 109 Å². The van der Waals surface area contributed by atoms with Crippen LogP contribution < -0.4 is 5.32 Å². The van der Waals surface area contributed by atoms with Crippen molar-refractivity contribution >= 4 is 11.3 Å². The molecule has 1 aliphatic heterocycles. The fraction of sp³-hybridized carbons (Fsp3) is 0.714. The standard InChI is InChI=1S/C14H24N2S/c1-12(16-8-4-3-5-9-16)10-15-11-14-7-6-13(2)17-14/h6-7,12,15H,3-5,8-11H2,1-2H3. The highest BCUT2D eigenvalue weighted by Crippen LogP contribution is 2.15. The minimum Gasteiger partial charge on any atom is -0.310 e. The largest absolute Gasteiger partial charge is 0.310 e. The van der Waals surface area contributed by atoms with E-state index in [4.69, 9.17) is 0 Å². The van der Waals surface area contributed by atoms with E-state index in [1.807, 2.05) is 11.3 Å². The molecule has 1 unspecified atom stereocenters. The molecule has 3 heteroatoms. The normalized spacial score (nSPS) is 19.4. The lowest BCUT2D eigenvalue weighted by Gasteiger charge is -2.32. The smallest absolute Gasteiger partial charge is 0.0300 e. The Bertz CT molecular complexity index is 329. The zero-order valence-electron chi connectivity index (χ0n) is 11.0. The van der Waals surface area contributed by atoms with Gasteiger partial charge in [0.05, 0.1) is 0 Å². The van der Waals surface area contributed by atoms with Crippen molar-refractivity contribution < 1.29 is 0 Å². The molecule has 1 aliphatic rings. The van der Waals surface area contributed by atoms with Crippen molar-refractivity contribution in [3.05, 3.63) is 21.9 Å². The number of nitrogens with zero attached hydrogens (tertiary/aromatic N) is 1. The zero-order valence-corrected chi connectivity index (χ0v) is 11.9. The summed E-state index contributed by atoms with van der Waals surface area (Å²) in [5, 5.41) is 3.58. The lowest BCUT2D eigenvalue weighted by atomic mass is 10.1. The van der Waals surface area contributed by atoms with Crippen molar-refractivity contribution in [2.45, 2.75) is 45.7 Å². The lowest BCUT2D eigenvalue weighted by molar-refractivity contribution is 0.171. The summed E-state index contributed by atoms with van der Waals surface area (Å²) < 4.78 is 0. The molecular formula is C14H24N2S. The van der Waals surface area contributed by atoms with Crippen LogP contribution >= 0.6 is 11.3 Å². The Morgan fingerprint density at radius 3 is 2.71 bits per heavy atom. The maximum atomic E-state index is 3.58. The number of hydrogen-bond acceptors (Lipinski definition) is 3. The third kappa shape index (κ3) is 4.09. The highest BCUT2D eigenvalue weighted by atomic mass is 32.1. The van der Waals surface area contributed by atoms with Crippen LogP contribution in [0, 0.1) is 6.92 Å². The van der Waals surface area contributed by atoms with Crippen LogP contribution in [0.15, 0.2) is 12.1 Å². The Hall–Kier alpha value is -0.380. The van der Waals surface area contributed by atoms with Crippen molar-refractivity contribution in [1.29, 1.82) is 0 Å². The number of rotatable bonds is 5. The van der Waals surface area contributed by atoms with Gasteiger partial charge < -0.3 is 5.32 Å². The van der Waals surface area contributed by atoms with Gasteiger partial charge in [-0.1, -0.05) is 6.42 Å². The second-order valence-electron chi connectivity index (χ2n) is 5.09. The molecule has 2 rings (SSSR count). The fourth-order valence-corrected chi connectivity index (χ4v) is 3.33. The summed E-state index contributed by atoms with van der Waals surface area (Å²) in [6, 6.07) is 5.12. The lowest BCUT2D eigenvalue weighted by Crippen LogP contribution is -2.42. The van der Waals surface area contributed by atoms with Crippen LogP contribution in [0.2, 0.25) is 0 Å². The van der Waals surface area contributed by atoms with Crippen LogP contribution in [-0.4, -0.2) is 30.6 Å². The number of nitrogens with one attached hydrogen (secondary N) is 1. The van der Waals surface area contributed by atoms with E-state index >= 15 is 0 Å². The molecule has 17 heavy (non-hydrogen) atoms. The molecule has 2 heterocycles. The van der Waals surface area contributed by atoms with E-state index in [0.29, 0.717) is 6.04 Å². The SMILES string of the molecule is Cc1ccc(CNCC(C)N2CCCCC2)s1. The number of hydrogen-bond donors (Lipinski definition) is 1. The number of thiophene rings is 1. The predicted molar refractivity (Wildman–Crippen MR) is 75.6 cm³/mol. The second kappa shape index (κ2) is 6.53. The average Bonchev–Trinajstić information content (AvgIpc) is 2.76. The highest BCUT2D eigenvalue weighted by Gasteiger charge is 2.15. The quantitative estimate of drug-likeness (QED) is 0.866. The molecule has 0 aliphatic carbocycles. The third-order valence-electron chi connectivity index (χ3n) is 3.55. The van der Waals surface area contributed by atoms with Gasteiger partial charge in [0.2, 0.25) is 0 Å². The van der Waals surface area contributed by atoms with Crippen LogP contribution in [0.5, 0.6) is 0 Å². The van der Waals surface area contributed by atoms with Gasteiger partial charge in [-0.2, -0.15) is 0 Å². The first-order valence-electron chi connectivity index (χ1n) is 6.76. The molecule has 1 aromatic heterocycles. The molecule has 1 saturated heterocycles. The second-order valence-corrected chi connectivity index (χ2v) is 6.46. The zero-order chi connectivity index (χ0) is 12.1. The Kier molecular flexibility index (Phi) is 5.01. The third-order valence-corrected chi connectivity index (χ3v) is 4.55. The first-order chi connectivity index (χ1) is 8.25. The molecule has 2 nitrogen and oxygen atoms in total. The number of aryl methyl sites for hydroxylation is 1. The molecule has 1 fully saturated rings. The molecule has 0 bridgehead atoms. The molecule has 0 aromatic carbocycles. The minimum absolute atomic E-state index is 0.677. The van der Waals surface area contributed by atoms with E-state index in [-0.39, 0.29) is 0 Å². The van der Waals surface area contributed by atoms with Gasteiger partial charge in [0.15, 0.2) is 0 Å². The van der Waals surface area contributed by atoms with Crippen molar-refractivity contribution in [1.82, 2.24) is 10.2 Å². The summed E-state index contributed by atoms with van der Waals surface area (Å²) in [6.07, 6.45) is 4.19. The molecule has 0 saturated carbocycles. The molecular weight excluding hydrogens is 228 g/mol. The van der Waals surface area contributed by atoms with Gasteiger partial charge in [0.25, 0.3) is 0 Å². The monoisotopic (exact) mass is 252 g/mol. The van der Waals surface area contributed by atoms with Crippen molar-refractivity contribution in [3.63, 3.8) is 0 Å². The maximum Gasteiger partial charge on any atom is 0.0300 e. The van der Waals surface area contributed by atoms with Crippen molar-refractivity contribution in [3.8, 4) is 0 Å². The summed E-state index contributed by atoms with van der Waals surface area (Å²) in [5.41, 5.74) is 0. The van der Waals surface area contributed by atoms with E-state index in [2.05, 4.69) is 36.2 Å². The molecule has 0 amide bonds. The van der Waals surface area contributed by atoms with Gasteiger partial charge in [0.1, 0.15) is 0 Å². The van der Waals surface area contributed by atoms with Crippen molar-refractivity contribution in [2.75, 3.05) is 19.6 Å². The molecule has 1 aromatic rings. The van der Waals surface area contributed by atoms with Crippen LogP contribution in [0.3, 0.4) is 0 Å². The fourth-order valence-electron chi connectivity index (χ4n) is 2.47. The van der Waals surface area contributed by atoms with Crippen LogP contribution in [0.25, 0.3) is 0 Å². The average molecular weight is 252 g/mol. The Morgan fingerprint density at radius 1 is 1.29 bits per heavy atom. The molecule has 0 radical (unpaired) electrons. The predicted octanol–water partition coefficient (Wildman–Crippen LogP) is 3.02. The highest BCUT2D eigenvalue weighted by molar-refractivity contribution is 7.11. The van der Waals surface area contributed by atoms with E-state index in [9.17, 15) is 0 Å². The van der Waals surface area contributed by atoms with E-state index in [1.54, 1.807) is 0 Å². The topological polar surface area (TPSA) is 15.3 Å². The van der Waals surface area contributed by atoms with Gasteiger partial charge in [-0.3, -0.25) is 4.90 Å². The maximum absolute atomic E-state index is 3.58. The summed E-state index contributed by atoms with van der Waals surface area (Å²) in [5.74, 6) is 0. The molecule has 0 spiro atoms. The number of likely N-dealkylation sites (tertiary alicyclic amines) is 1. The van der Waals surface area contributed by atoms with Gasteiger partial charge in [0, 0.05) is 28.9 Å². The molecule has 96 valence electrons. The van der Waals surface area contributed by atoms with Gasteiger partial charge >= 0.3 is 0 Å². The molecule has 1 N–H and O–H groups in total. The van der Waals surface area contributed by atoms with Crippen LogP contribution in [0.1, 0.15) is 35.9 Å². The Morgan fingerprint density at radius 2 is 2.06 bits per heavy atom. The molecule has 1 atom stereocenters. The van der Waals surface area contributed by atoms with Crippen molar-refractivity contribution in [2.24, 2.45) is 0 Å². The number of piperidine rings is 1. The van der Waals surface area contributed by atoms with Gasteiger partial charge in [-0.05, 0) is 51.9 Å². The first kappa shape index (κ1) is 13.1. The summed E-state index contributed by atoms with van der Waals surface area (Å²) in [4.78, 5) is 5.48.